The molecule has 1 aliphatic rings. The first-order valence-electron chi connectivity index (χ1n) is 5.13. The molecular formula is C9H12BrClN2O2S2. The molecule has 1 aromatic rings. The molecule has 1 heterocycles. The lowest BCUT2D eigenvalue weighted by Crippen LogP contribution is -2.43. The van der Waals surface area contributed by atoms with Crippen LogP contribution in [0.1, 0.15) is 19.3 Å². The van der Waals surface area contributed by atoms with E-state index in [1.807, 2.05) is 0 Å². The van der Waals surface area contributed by atoms with Crippen molar-refractivity contribution in [3.8, 4) is 0 Å². The molecule has 0 radical (unpaired) electrons. The topological polar surface area (TPSA) is 72.2 Å². The number of hydrogen-bond donors (Lipinski definition) is 2. The fraction of sp³-hybridized carbons (Fsp3) is 0.556. The normalized spacial score (nSPS) is 25.4. The number of hydrogen-bond acceptors (Lipinski definition) is 4. The third-order valence-electron chi connectivity index (χ3n) is 2.76. The van der Waals surface area contributed by atoms with E-state index in [-0.39, 0.29) is 16.3 Å². The SMILES string of the molecule is NC1CCCC1NS(=O)(=O)c1cc(Cl)c(Br)s1. The molecule has 1 fully saturated rings. The van der Waals surface area contributed by atoms with Crippen molar-refractivity contribution in [3.05, 3.63) is 14.9 Å². The Bertz CT molecular complexity index is 498. The summed E-state index contributed by atoms with van der Waals surface area (Å²) in [5.41, 5.74) is 5.84. The molecule has 1 aliphatic carbocycles. The lowest BCUT2D eigenvalue weighted by atomic mass is 10.2. The highest BCUT2D eigenvalue weighted by Gasteiger charge is 2.29. The van der Waals surface area contributed by atoms with Crippen LogP contribution in [0, 0.1) is 0 Å². The first-order chi connectivity index (χ1) is 7.90. The maximum absolute atomic E-state index is 12.1. The molecule has 2 atom stereocenters. The van der Waals surface area contributed by atoms with Gasteiger partial charge < -0.3 is 5.73 Å². The van der Waals surface area contributed by atoms with Gasteiger partial charge in [0.05, 0.1) is 8.81 Å². The van der Waals surface area contributed by atoms with E-state index in [0.29, 0.717) is 8.81 Å². The second kappa shape index (κ2) is 5.14. The first kappa shape index (κ1) is 13.8. The molecule has 8 heteroatoms. The lowest BCUT2D eigenvalue weighted by molar-refractivity contribution is 0.523. The van der Waals surface area contributed by atoms with Crippen LogP contribution in [0.25, 0.3) is 0 Å². The Kier molecular flexibility index (Phi) is 4.16. The van der Waals surface area contributed by atoms with Crippen molar-refractivity contribution in [3.63, 3.8) is 0 Å². The standard InChI is InChI=1S/C9H12BrClN2O2S2/c10-9-5(11)4-8(16-9)17(14,15)13-7-3-1-2-6(7)12/h4,6-7,13H,1-3,12H2. The van der Waals surface area contributed by atoms with Crippen molar-refractivity contribution in [1.29, 1.82) is 0 Å². The Balaban J connectivity index is 2.19. The van der Waals surface area contributed by atoms with Gasteiger partial charge in [-0.1, -0.05) is 18.0 Å². The highest BCUT2D eigenvalue weighted by Crippen LogP contribution is 2.34. The molecule has 96 valence electrons. The third kappa shape index (κ3) is 3.02. The van der Waals surface area contributed by atoms with Crippen molar-refractivity contribution < 1.29 is 8.42 Å². The Morgan fingerprint density at radius 1 is 1.53 bits per heavy atom. The number of nitrogens with two attached hydrogens (primary N) is 1. The largest absolute Gasteiger partial charge is 0.326 e. The van der Waals surface area contributed by atoms with Gasteiger partial charge in [-0.3, -0.25) is 0 Å². The summed E-state index contributed by atoms with van der Waals surface area (Å²) < 4.78 is 27.6. The van der Waals surface area contributed by atoms with Crippen molar-refractivity contribution in [2.45, 2.75) is 35.6 Å². The summed E-state index contributed by atoms with van der Waals surface area (Å²) in [7, 11) is -3.50. The van der Waals surface area contributed by atoms with E-state index in [1.54, 1.807) is 0 Å². The van der Waals surface area contributed by atoms with Crippen LogP contribution in [-0.2, 0) is 10.0 Å². The Morgan fingerprint density at radius 3 is 2.71 bits per heavy atom. The van der Waals surface area contributed by atoms with Gasteiger partial charge >= 0.3 is 0 Å². The minimum absolute atomic E-state index is 0.0938. The number of nitrogens with one attached hydrogen (secondary N) is 1. The quantitative estimate of drug-likeness (QED) is 0.870. The van der Waals surface area contributed by atoms with Gasteiger partial charge in [0.25, 0.3) is 0 Å². The summed E-state index contributed by atoms with van der Waals surface area (Å²) in [6, 6.07) is 1.18. The molecule has 1 saturated carbocycles. The zero-order valence-electron chi connectivity index (χ0n) is 8.82. The number of halogens is 2. The zero-order chi connectivity index (χ0) is 12.6. The molecule has 1 aromatic heterocycles. The fourth-order valence-electron chi connectivity index (χ4n) is 1.85. The molecule has 2 rings (SSSR count). The molecule has 2 unspecified atom stereocenters. The van der Waals surface area contributed by atoms with Gasteiger partial charge in [0.1, 0.15) is 4.21 Å². The van der Waals surface area contributed by atoms with Crippen LogP contribution in [0.2, 0.25) is 5.02 Å². The van der Waals surface area contributed by atoms with E-state index in [0.717, 1.165) is 30.6 Å². The predicted molar refractivity (Wildman–Crippen MR) is 73.0 cm³/mol. The predicted octanol–water partition coefficient (Wildman–Crippen LogP) is 2.32. The van der Waals surface area contributed by atoms with Crippen LogP contribution >= 0.6 is 38.9 Å². The van der Waals surface area contributed by atoms with E-state index in [9.17, 15) is 8.42 Å². The summed E-state index contributed by atoms with van der Waals surface area (Å²) in [6.07, 6.45) is 2.62. The van der Waals surface area contributed by atoms with Crippen molar-refractivity contribution >= 4 is 48.9 Å². The monoisotopic (exact) mass is 358 g/mol. The van der Waals surface area contributed by atoms with Gasteiger partial charge in [-0.05, 0) is 34.8 Å². The fourth-order valence-corrected chi connectivity index (χ4v) is 5.59. The Hall–Kier alpha value is 0.340. The molecule has 4 nitrogen and oxygen atoms in total. The average Bonchev–Trinajstić information content (AvgIpc) is 2.76. The van der Waals surface area contributed by atoms with Gasteiger partial charge in [-0.2, -0.15) is 0 Å². The summed E-state index contributed by atoms with van der Waals surface area (Å²) in [4.78, 5) is 0. The van der Waals surface area contributed by atoms with Gasteiger partial charge in [-0.15, -0.1) is 11.3 Å². The molecule has 17 heavy (non-hydrogen) atoms. The zero-order valence-corrected chi connectivity index (χ0v) is 12.8. The smallest absolute Gasteiger partial charge is 0.250 e. The van der Waals surface area contributed by atoms with Crippen LogP contribution in [0.4, 0.5) is 0 Å². The minimum Gasteiger partial charge on any atom is -0.326 e. The highest BCUT2D eigenvalue weighted by molar-refractivity contribution is 9.11. The second-order valence-corrected chi connectivity index (χ2v) is 8.73. The van der Waals surface area contributed by atoms with Crippen molar-refractivity contribution in [2.75, 3.05) is 0 Å². The van der Waals surface area contributed by atoms with E-state index >= 15 is 0 Å². The van der Waals surface area contributed by atoms with E-state index < -0.39 is 10.0 Å². The van der Waals surface area contributed by atoms with Gasteiger partial charge in [0.2, 0.25) is 10.0 Å². The van der Waals surface area contributed by atoms with E-state index in [1.165, 1.54) is 6.07 Å². The van der Waals surface area contributed by atoms with Gasteiger partial charge in [0.15, 0.2) is 0 Å². The van der Waals surface area contributed by atoms with Gasteiger partial charge in [-0.25, -0.2) is 13.1 Å². The lowest BCUT2D eigenvalue weighted by Gasteiger charge is -2.16. The maximum atomic E-state index is 12.1. The third-order valence-corrected chi connectivity index (χ3v) is 7.20. The maximum Gasteiger partial charge on any atom is 0.250 e. The minimum atomic E-state index is -3.50. The summed E-state index contributed by atoms with van der Waals surface area (Å²) in [6.45, 7) is 0. The molecule has 0 bridgehead atoms. The second-order valence-electron chi connectivity index (χ2n) is 4.01. The molecule has 0 saturated heterocycles. The van der Waals surface area contributed by atoms with Crippen molar-refractivity contribution in [1.82, 2.24) is 4.72 Å². The Morgan fingerprint density at radius 2 is 2.24 bits per heavy atom. The molecule has 3 N–H and O–H groups in total. The van der Waals surface area contributed by atoms with Crippen LogP contribution in [-0.4, -0.2) is 20.5 Å². The summed E-state index contributed by atoms with van der Waals surface area (Å²) in [5, 5.41) is 0.408. The number of sulfonamides is 1. The van der Waals surface area contributed by atoms with Gasteiger partial charge in [0, 0.05) is 12.1 Å². The molecular weight excluding hydrogens is 348 g/mol. The summed E-state index contributed by atoms with van der Waals surface area (Å²) >= 11 is 10.1. The van der Waals surface area contributed by atoms with E-state index in [4.69, 9.17) is 17.3 Å². The number of thiophene rings is 1. The first-order valence-corrected chi connectivity index (χ1v) is 8.60. The average molecular weight is 360 g/mol. The van der Waals surface area contributed by atoms with Crippen LogP contribution in [0.15, 0.2) is 14.1 Å². The van der Waals surface area contributed by atoms with Crippen LogP contribution < -0.4 is 10.5 Å². The van der Waals surface area contributed by atoms with Crippen LogP contribution in [0.5, 0.6) is 0 Å². The van der Waals surface area contributed by atoms with Crippen LogP contribution in [0.3, 0.4) is 0 Å². The van der Waals surface area contributed by atoms with E-state index in [2.05, 4.69) is 20.7 Å². The highest BCUT2D eigenvalue weighted by atomic mass is 79.9. The molecule has 0 aromatic carbocycles. The Labute approximate surface area is 118 Å². The molecule has 0 spiro atoms. The van der Waals surface area contributed by atoms with Crippen molar-refractivity contribution in [2.24, 2.45) is 5.73 Å². The number of rotatable bonds is 3. The molecule has 0 amide bonds. The summed E-state index contributed by atoms with van der Waals surface area (Å²) in [5.74, 6) is 0. The molecule has 0 aliphatic heterocycles.